The van der Waals surface area contributed by atoms with E-state index in [2.05, 4.69) is 11.2 Å². The van der Waals surface area contributed by atoms with E-state index >= 15 is 0 Å². The Labute approximate surface area is 155 Å². The molecule has 1 aliphatic rings. The summed E-state index contributed by atoms with van der Waals surface area (Å²) in [6, 6.07) is 16.1. The van der Waals surface area contributed by atoms with E-state index in [1.54, 1.807) is 23.8 Å². The van der Waals surface area contributed by atoms with E-state index in [4.69, 9.17) is 14.5 Å². The van der Waals surface area contributed by atoms with Gasteiger partial charge in [-0.25, -0.2) is 13.9 Å². The Morgan fingerprint density at radius 2 is 2.00 bits per heavy atom. The highest BCUT2D eigenvalue weighted by Gasteiger charge is 2.20. The number of hydrogen-bond acceptors (Lipinski definition) is 4. The van der Waals surface area contributed by atoms with Gasteiger partial charge >= 0.3 is 0 Å². The molecule has 1 aliphatic heterocycles. The van der Waals surface area contributed by atoms with Crippen LogP contribution in [0.15, 0.2) is 54.6 Å². The molecule has 4 aromatic rings. The largest absolute Gasteiger partial charge is 0.493 e. The standard InChI is InChI=1S/C21H16FN3O2/c1-26-19-8-7-18-23-20(14-6-5-13-9-10-27-17(13)12-14)21(25(18)24-19)15-3-2-4-16(22)11-15/h2-8,11-12H,9-10H2,1H3. The van der Waals surface area contributed by atoms with Crippen LogP contribution in [0.3, 0.4) is 0 Å². The van der Waals surface area contributed by atoms with Crippen molar-refractivity contribution in [3.05, 3.63) is 66.0 Å². The molecule has 0 unspecified atom stereocenters. The molecular weight excluding hydrogens is 345 g/mol. The van der Waals surface area contributed by atoms with E-state index in [9.17, 15) is 4.39 Å². The topological polar surface area (TPSA) is 48.7 Å². The summed E-state index contributed by atoms with van der Waals surface area (Å²) in [5, 5.41) is 4.50. The lowest BCUT2D eigenvalue weighted by Crippen LogP contribution is -1.98. The van der Waals surface area contributed by atoms with Crippen LogP contribution in [0.1, 0.15) is 5.56 Å². The van der Waals surface area contributed by atoms with Crippen molar-refractivity contribution in [1.29, 1.82) is 0 Å². The summed E-state index contributed by atoms with van der Waals surface area (Å²) in [5.41, 5.74) is 4.88. The van der Waals surface area contributed by atoms with E-state index in [0.717, 1.165) is 23.4 Å². The van der Waals surface area contributed by atoms with Gasteiger partial charge in [-0.2, -0.15) is 0 Å². The average molecular weight is 361 g/mol. The second-order valence-corrected chi connectivity index (χ2v) is 6.39. The molecule has 0 aliphatic carbocycles. The van der Waals surface area contributed by atoms with Crippen molar-refractivity contribution < 1.29 is 13.9 Å². The predicted octanol–water partition coefficient (Wildman–Crippen LogP) is 4.15. The maximum absolute atomic E-state index is 13.9. The van der Waals surface area contributed by atoms with E-state index in [1.807, 2.05) is 24.3 Å². The third-order valence-corrected chi connectivity index (χ3v) is 4.73. The number of fused-ring (bicyclic) bond motifs is 2. The zero-order chi connectivity index (χ0) is 18.4. The Balaban J connectivity index is 1.80. The molecule has 0 spiro atoms. The molecule has 0 fully saturated rings. The summed E-state index contributed by atoms with van der Waals surface area (Å²) in [6.07, 6.45) is 0.913. The van der Waals surface area contributed by atoms with Gasteiger partial charge in [-0.15, -0.1) is 5.10 Å². The first-order chi connectivity index (χ1) is 13.2. The summed E-state index contributed by atoms with van der Waals surface area (Å²) in [5.74, 6) is 1.02. The summed E-state index contributed by atoms with van der Waals surface area (Å²) in [6.45, 7) is 0.694. The molecular formula is C21H16FN3O2. The molecule has 0 bridgehead atoms. The van der Waals surface area contributed by atoms with E-state index in [0.29, 0.717) is 29.4 Å². The zero-order valence-corrected chi connectivity index (χ0v) is 14.6. The second kappa shape index (κ2) is 6.09. The zero-order valence-electron chi connectivity index (χ0n) is 14.6. The molecule has 27 heavy (non-hydrogen) atoms. The Morgan fingerprint density at radius 1 is 1.07 bits per heavy atom. The smallest absolute Gasteiger partial charge is 0.231 e. The molecule has 134 valence electrons. The molecule has 5 rings (SSSR count). The fourth-order valence-corrected chi connectivity index (χ4v) is 3.44. The second-order valence-electron chi connectivity index (χ2n) is 6.39. The van der Waals surface area contributed by atoms with E-state index in [-0.39, 0.29) is 5.82 Å². The monoisotopic (exact) mass is 361 g/mol. The highest BCUT2D eigenvalue weighted by Crippen LogP contribution is 2.36. The SMILES string of the molecule is COc1ccc2nc(-c3ccc4c(c3)OCC4)c(-c3cccc(F)c3)n2n1. The fraction of sp³-hybridized carbons (Fsp3) is 0.143. The van der Waals surface area contributed by atoms with Gasteiger partial charge in [0.1, 0.15) is 17.3 Å². The van der Waals surface area contributed by atoms with Crippen molar-refractivity contribution in [3.63, 3.8) is 0 Å². The predicted molar refractivity (Wildman–Crippen MR) is 99.6 cm³/mol. The Bertz CT molecular complexity index is 1170. The van der Waals surface area contributed by atoms with E-state index < -0.39 is 0 Å². The van der Waals surface area contributed by atoms with Gasteiger partial charge in [0.2, 0.25) is 5.88 Å². The molecule has 3 heterocycles. The normalized spacial score (nSPS) is 12.8. The first-order valence-electron chi connectivity index (χ1n) is 8.69. The highest BCUT2D eigenvalue weighted by molar-refractivity contribution is 5.82. The molecule has 0 amide bonds. The molecule has 0 N–H and O–H groups in total. The number of halogens is 1. The summed E-state index contributed by atoms with van der Waals surface area (Å²) in [7, 11) is 1.56. The van der Waals surface area contributed by atoms with Crippen molar-refractivity contribution in [2.45, 2.75) is 6.42 Å². The highest BCUT2D eigenvalue weighted by atomic mass is 19.1. The van der Waals surface area contributed by atoms with Gasteiger partial charge < -0.3 is 9.47 Å². The van der Waals surface area contributed by atoms with Crippen molar-refractivity contribution >= 4 is 5.65 Å². The van der Waals surface area contributed by atoms with Crippen LogP contribution in [0.25, 0.3) is 28.2 Å². The number of methoxy groups -OCH3 is 1. The maximum Gasteiger partial charge on any atom is 0.231 e. The Hall–Kier alpha value is -3.41. The minimum absolute atomic E-state index is 0.311. The number of imidazole rings is 1. The third kappa shape index (κ3) is 2.61. The molecule has 0 saturated carbocycles. The lowest BCUT2D eigenvalue weighted by Gasteiger charge is -2.07. The first-order valence-corrected chi connectivity index (χ1v) is 8.69. The van der Waals surface area contributed by atoms with Crippen LogP contribution in [0.2, 0.25) is 0 Å². The minimum atomic E-state index is -0.311. The quantitative estimate of drug-likeness (QED) is 0.550. The van der Waals surface area contributed by atoms with Crippen LogP contribution in [-0.2, 0) is 6.42 Å². The van der Waals surface area contributed by atoms with Gasteiger partial charge in [-0.3, -0.25) is 0 Å². The number of rotatable bonds is 3. The maximum atomic E-state index is 13.9. The Kier molecular flexibility index (Phi) is 3.57. The van der Waals surface area contributed by atoms with Gasteiger partial charge in [0.25, 0.3) is 0 Å². The third-order valence-electron chi connectivity index (χ3n) is 4.73. The molecule has 0 radical (unpaired) electrons. The lowest BCUT2D eigenvalue weighted by molar-refractivity contribution is 0.357. The number of ether oxygens (including phenoxy) is 2. The number of benzene rings is 2. The molecule has 2 aromatic heterocycles. The number of aromatic nitrogens is 3. The van der Waals surface area contributed by atoms with Gasteiger partial charge in [0.05, 0.1) is 19.4 Å². The van der Waals surface area contributed by atoms with E-state index in [1.165, 1.54) is 17.7 Å². The van der Waals surface area contributed by atoms with Crippen molar-refractivity contribution in [2.75, 3.05) is 13.7 Å². The van der Waals surface area contributed by atoms with Crippen molar-refractivity contribution in [2.24, 2.45) is 0 Å². The molecule has 0 atom stereocenters. The Morgan fingerprint density at radius 3 is 2.85 bits per heavy atom. The molecule has 0 saturated heterocycles. The van der Waals surface area contributed by atoms with Gasteiger partial charge in [0, 0.05) is 23.6 Å². The molecule has 2 aromatic carbocycles. The number of nitrogens with zero attached hydrogens (tertiary/aromatic N) is 3. The van der Waals surface area contributed by atoms with Crippen LogP contribution in [0.4, 0.5) is 4.39 Å². The van der Waals surface area contributed by atoms with Gasteiger partial charge in [-0.05, 0) is 29.8 Å². The minimum Gasteiger partial charge on any atom is -0.493 e. The van der Waals surface area contributed by atoms with Crippen LogP contribution in [-0.4, -0.2) is 28.3 Å². The summed E-state index contributed by atoms with van der Waals surface area (Å²) >= 11 is 0. The van der Waals surface area contributed by atoms with Crippen LogP contribution >= 0.6 is 0 Å². The van der Waals surface area contributed by atoms with Gasteiger partial charge in [0.15, 0.2) is 5.65 Å². The van der Waals surface area contributed by atoms with Gasteiger partial charge in [-0.1, -0.05) is 24.3 Å². The molecule has 5 nitrogen and oxygen atoms in total. The van der Waals surface area contributed by atoms with Crippen molar-refractivity contribution in [1.82, 2.24) is 14.6 Å². The fourth-order valence-electron chi connectivity index (χ4n) is 3.44. The average Bonchev–Trinajstić information content (AvgIpc) is 3.31. The summed E-state index contributed by atoms with van der Waals surface area (Å²) < 4.78 is 26.6. The summed E-state index contributed by atoms with van der Waals surface area (Å²) in [4.78, 5) is 4.76. The first kappa shape index (κ1) is 15.8. The van der Waals surface area contributed by atoms with Crippen LogP contribution in [0, 0.1) is 5.82 Å². The lowest BCUT2D eigenvalue weighted by atomic mass is 10.0. The molecule has 6 heteroatoms. The number of hydrogen-bond donors (Lipinski definition) is 0. The van der Waals surface area contributed by atoms with Crippen LogP contribution in [0.5, 0.6) is 11.6 Å². The van der Waals surface area contributed by atoms with Crippen molar-refractivity contribution in [3.8, 4) is 34.1 Å². The van der Waals surface area contributed by atoms with Crippen LogP contribution < -0.4 is 9.47 Å².